The van der Waals surface area contributed by atoms with E-state index in [9.17, 15) is 14.0 Å². The fourth-order valence-electron chi connectivity index (χ4n) is 0.395. The van der Waals surface area contributed by atoms with Crippen molar-refractivity contribution in [2.45, 2.75) is 6.42 Å². The highest BCUT2D eigenvalue weighted by Crippen LogP contribution is 1.92. The van der Waals surface area contributed by atoms with Gasteiger partial charge >= 0.3 is 0 Å². The molecule has 0 heterocycles. The molecule has 3 N–H and O–H groups in total. The van der Waals surface area contributed by atoms with Crippen molar-refractivity contribution in [1.29, 1.82) is 0 Å². The minimum atomic E-state index is -0.937. The average molecular weight is 173 g/mol. The van der Waals surface area contributed by atoms with Crippen molar-refractivity contribution < 1.29 is 14.0 Å². The highest BCUT2D eigenvalue weighted by atomic mass is 19.1. The maximum Gasteiger partial charge on any atom is 0.233 e. The van der Waals surface area contributed by atoms with E-state index < -0.39 is 24.2 Å². The summed E-state index contributed by atoms with van der Waals surface area (Å²) < 4.78 is 12.1. The molecule has 0 aliphatic heterocycles. The lowest BCUT2D eigenvalue weighted by atomic mass is 10.4. The topological polar surface area (TPSA) is 84.6 Å². The van der Waals surface area contributed by atoms with E-state index in [0.29, 0.717) is 6.20 Å². The Bertz CT molecular complexity index is 237. The number of rotatable bonds is 4. The summed E-state index contributed by atoms with van der Waals surface area (Å²) in [7, 11) is 0. The highest BCUT2D eigenvalue weighted by Gasteiger charge is 2.03. The van der Waals surface area contributed by atoms with Crippen molar-refractivity contribution in [3.05, 3.63) is 12.2 Å². The second-order valence-electron chi connectivity index (χ2n) is 1.84. The van der Waals surface area contributed by atoms with Crippen LogP contribution in [0.15, 0.2) is 17.1 Å². The number of hydrogen-bond donors (Lipinski definition) is 2. The molecule has 0 spiro atoms. The number of nitrogens with zero attached hydrogens (tertiary/aromatic N) is 1. The molecule has 2 amide bonds. The number of carbonyl (C=O) groups is 2. The van der Waals surface area contributed by atoms with Crippen molar-refractivity contribution in [3.63, 3.8) is 0 Å². The zero-order valence-corrected chi connectivity index (χ0v) is 6.21. The molecule has 0 aliphatic carbocycles. The average Bonchev–Trinajstić information content (AvgIpc) is 1.99. The van der Waals surface area contributed by atoms with Crippen molar-refractivity contribution in [2.24, 2.45) is 10.7 Å². The van der Waals surface area contributed by atoms with Crippen LogP contribution in [0.5, 0.6) is 0 Å². The second-order valence-corrected chi connectivity index (χ2v) is 1.84. The molecule has 5 nitrogen and oxygen atoms in total. The molecule has 0 saturated heterocycles. The number of nitrogens with one attached hydrogen (secondary N) is 1. The molecule has 0 radical (unpaired) electrons. The van der Waals surface area contributed by atoms with Gasteiger partial charge in [0.25, 0.3) is 0 Å². The first-order valence-electron chi connectivity index (χ1n) is 2.96. The van der Waals surface area contributed by atoms with Crippen LogP contribution >= 0.6 is 0 Å². The summed E-state index contributed by atoms with van der Waals surface area (Å²) in [4.78, 5) is 23.6. The third-order valence-electron chi connectivity index (χ3n) is 0.838. The maximum absolute atomic E-state index is 12.1. The monoisotopic (exact) mass is 173 g/mol. The molecule has 0 fully saturated rings. The van der Waals surface area contributed by atoms with Gasteiger partial charge in [-0.2, -0.15) is 4.39 Å². The fraction of sp³-hybridized carbons (Fsp3) is 0.167. The molecule has 0 aromatic carbocycles. The van der Waals surface area contributed by atoms with Crippen LogP contribution in [0.4, 0.5) is 4.39 Å². The van der Waals surface area contributed by atoms with Crippen LogP contribution in [-0.4, -0.2) is 18.5 Å². The second kappa shape index (κ2) is 5.00. The Labute approximate surface area is 68.1 Å². The highest BCUT2D eigenvalue weighted by molar-refractivity contribution is 5.96. The quantitative estimate of drug-likeness (QED) is 0.339. The molecule has 12 heavy (non-hydrogen) atoms. The van der Waals surface area contributed by atoms with E-state index in [1.54, 1.807) is 0 Å². The Morgan fingerprint density at radius 1 is 1.67 bits per heavy atom. The summed E-state index contributed by atoms with van der Waals surface area (Å²) in [6, 6.07) is 0. The molecule has 0 bridgehead atoms. The number of carbonyl (C=O) groups excluding carboxylic acids is 2. The van der Waals surface area contributed by atoms with E-state index in [1.807, 2.05) is 5.32 Å². The molecule has 0 saturated carbocycles. The molecule has 0 aliphatic rings. The van der Waals surface area contributed by atoms with Crippen molar-refractivity contribution in [3.8, 4) is 0 Å². The van der Waals surface area contributed by atoms with Crippen LogP contribution in [0.2, 0.25) is 0 Å². The normalized spacial score (nSPS) is 10.6. The number of amides is 2. The zero-order valence-electron chi connectivity index (χ0n) is 6.21. The lowest BCUT2D eigenvalue weighted by Gasteiger charge is -1.94. The predicted octanol–water partition coefficient (Wildman–Crippen LogP) is -0.553. The van der Waals surface area contributed by atoms with Gasteiger partial charge in [-0.25, -0.2) is 4.99 Å². The standard InChI is InChI=1S/C6H8FN3O2/c1-9-4(7)3-10-6(12)2-5(8)11/h3H,1-2H2,(H2,8,11)(H,10,12)/b4-3-. The van der Waals surface area contributed by atoms with Crippen LogP contribution in [-0.2, 0) is 9.59 Å². The van der Waals surface area contributed by atoms with E-state index in [4.69, 9.17) is 0 Å². The Balaban J connectivity index is 3.86. The molecule has 0 rings (SSSR count). The van der Waals surface area contributed by atoms with Gasteiger partial charge in [-0.05, 0) is 6.72 Å². The number of hydrogen-bond acceptors (Lipinski definition) is 3. The molecule has 0 unspecified atom stereocenters. The SMILES string of the molecule is C=N/C(F)=C\NC(=O)CC(N)=O. The lowest BCUT2D eigenvalue weighted by Crippen LogP contribution is -2.24. The summed E-state index contributed by atoms with van der Waals surface area (Å²) in [5.41, 5.74) is 4.68. The molecule has 66 valence electrons. The summed E-state index contributed by atoms with van der Waals surface area (Å²) in [6.07, 6.45) is 0.208. The summed E-state index contributed by atoms with van der Waals surface area (Å²) in [5.74, 6) is -2.41. The summed E-state index contributed by atoms with van der Waals surface area (Å²) in [5, 5.41) is 1.95. The van der Waals surface area contributed by atoms with Gasteiger partial charge in [0.1, 0.15) is 6.42 Å². The van der Waals surface area contributed by atoms with Crippen LogP contribution in [0.1, 0.15) is 6.42 Å². The number of aliphatic imine (C=N–C) groups is 1. The van der Waals surface area contributed by atoms with E-state index in [-0.39, 0.29) is 0 Å². The first-order valence-corrected chi connectivity index (χ1v) is 2.96. The number of nitrogens with two attached hydrogens (primary N) is 1. The van der Waals surface area contributed by atoms with Crippen LogP contribution in [0.25, 0.3) is 0 Å². The van der Waals surface area contributed by atoms with Crippen molar-refractivity contribution in [1.82, 2.24) is 5.32 Å². The Morgan fingerprint density at radius 2 is 2.25 bits per heavy atom. The maximum atomic E-state index is 12.1. The summed E-state index contributed by atoms with van der Waals surface area (Å²) in [6.45, 7) is 2.86. The Kier molecular flexibility index (Phi) is 4.28. The molecule has 0 atom stereocenters. The first kappa shape index (κ1) is 10.3. The van der Waals surface area contributed by atoms with E-state index in [0.717, 1.165) is 0 Å². The van der Waals surface area contributed by atoms with E-state index in [2.05, 4.69) is 17.4 Å². The fourth-order valence-corrected chi connectivity index (χ4v) is 0.395. The number of halogens is 1. The molecule has 0 aromatic rings. The molecular weight excluding hydrogens is 165 g/mol. The van der Waals surface area contributed by atoms with Crippen molar-refractivity contribution in [2.75, 3.05) is 0 Å². The summed E-state index contributed by atoms with van der Waals surface area (Å²) >= 11 is 0. The van der Waals surface area contributed by atoms with Crippen molar-refractivity contribution >= 4 is 18.5 Å². The van der Waals surface area contributed by atoms with E-state index in [1.165, 1.54) is 0 Å². The van der Waals surface area contributed by atoms with Gasteiger partial charge in [0.15, 0.2) is 0 Å². The molecule has 0 aromatic heterocycles. The third-order valence-corrected chi connectivity index (χ3v) is 0.838. The van der Waals surface area contributed by atoms with Gasteiger partial charge in [0, 0.05) is 0 Å². The van der Waals surface area contributed by atoms with Gasteiger partial charge in [-0.1, -0.05) is 0 Å². The van der Waals surface area contributed by atoms with Gasteiger partial charge in [0.2, 0.25) is 17.8 Å². The van der Waals surface area contributed by atoms with Gasteiger partial charge in [0.05, 0.1) is 6.20 Å². The predicted molar refractivity (Wildman–Crippen MR) is 40.7 cm³/mol. The molecular formula is C6H8FN3O2. The zero-order chi connectivity index (χ0) is 9.56. The van der Waals surface area contributed by atoms with Crippen LogP contribution < -0.4 is 11.1 Å². The number of primary amides is 1. The van der Waals surface area contributed by atoms with Crippen LogP contribution in [0, 0.1) is 0 Å². The third kappa shape index (κ3) is 5.10. The lowest BCUT2D eigenvalue weighted by molar-refractivity contribution is -0.127. The largest absolute Gasteiger partial charge is 0.369 e. The Hall–Kier alpha value is -1.72. The Morgan fingerprint density at radius 3 is 2.67 bits per heavy atom. The van der Waals surface area contributed by atoms with Gasteiger partial charge < -0.3 is 11.1 Å². The first-order chi connectivity index (χ1) is 5.56. The van der Waals surface area contributed by atoms with Gasteiger partial charge in [-0.15, -0.1) is 0 Å². The minimum absolute atomic E-state index is 0.485. The van der Waals surface area contributed by atoms with E-state index >= 15 is 0 Å². The van der Waals surface area contributed by atoms with Crippen LogP contribution in [0.3, 0.4) is 0 Å². The minimum Gasteiger partial charge on any atom is -0.369 e. The molecule has 6 heteroatoms. The smallest absolute Gasteiger partial charge is 0.233 e. The van der Waals surface area contributed by atoms with Gasteiger partial charge in [-0.3, -0.25) is 9.59 Å².